The van der Waals surface area contributed by atoms with Crippen LogP contribution < -0.4 is 10.9 Å². The van der Waals surface area contributed by atoms with E-state index in [-0.39, 0.29) is 17.2 Å². The summed E-state index contributed by atoms with van der Waals surface area (Å²) < 4.78 is 3.18. The number of rotatable bonds is 4. The van der Waals surface area contributed by atoms with Gasteiger partial charge in [0, 0.05) is 23.9 Å². The van der Waals surface area contributed by atoms with Gasteiger partial charge in [-0.15, -0.1) is 0 Å². The van der Waals surface area contributed by atoms with Crippen molar-refractivity contribution in [3.8, 4) is 5.69 Å². The van der Waals surface area contributed by atoms with Crippen LogP contribution in [0.3, 0.4) is 0 Å². The number of anilines is 1. The summed E-state index contributed by atoms with van der Waals surface area (Å²) in [6.45, 7) is 7.37. The highest BCUT2D eigenvalue weighted by atomic mass is 16.2. The van der Waals surface area contributed by atoms with Gasteiger partial charge in [0.2, 0.25) is 5.91 Å². The van der Waals surface area contributed by atoms with Gasteiger partial charge in [0.1, 0.15) is 11.7 Å². The van der Waals surface area contributed by atoms with E-state index in [0.717, 1.165) is 0 Å². The monoisotopic (exact) mass is 402 g/mol. The Labute approximate surface area is 173 Å². The minimum atomic E-state index is -0.832. The third-order valence-corrected chi connectivity index (χ3v) is 5.55. The zero-order valence-electron chi connectivity index (χ0n) is 17.0. The van der Waals surface area contributed by atoms with Crippen LogP contribution in [0.2, 0.25) is 0 Å². The normalized spacial score (nSPS) is 14.0. The quantitative estimate of drug-likeness (QED) is 0.729. The fourth-order valence-corrected chi connectivity index (χ4v) is 3.77. The molecule has 0 spiro atoms. The van der Waals surface area contributed by atoms with Crippen LogP contribution in [0.4, 0.5) is 5.69 Å². The molecular weight excluding hydrogens is 380 g/mol. The summed E-state index contributed by atoms with van der Waals surface area (Å²) in [7, 11) is 1.76. The molecular formula is C23H22N4O3. The SMILES string of the molecule is C=C1c2ccccc2C(=O)N1C(C)C(=O)Nc1c(C)n(C)n(-c2ccccc2)c1=O. The van der Waals surface area contributed by atoms with Crippen molar-refractivity contribution in [3.05, 3.63) is 88.4 Å². The topological polar surface area (TPSA) is 76.3 Å². The molecule has 0 radical (unpaired) electrons. The first-order valence-corrected chi connectivity index (χ1v) is 9.59. The summed E-state index contributed by atoms with van der Waals surface area (Å²) in [6, 6.07) is 15.5. The number of hydrogen-bond acceptors (Lipinski definition) is 3. The number of carbonyl (C=O) groups is 2. The summed E-state index contributed by atoms with van der Waals surface area (Å²) in [6.07, 6.45) is 0. The van der Waals surface area contributed by atoms with Crippen LogP contribution in [-0.4, -0.2) is 32.1 Å². The van der Waals surface area contributed by atoms with Crippen molar-refractivity contribution < 1.29 is 9.59 Å². The number of para-hydroxylation sites is 1. The molecule has 1 unspecified atom stereocenters. The Morgan fingerprint density at radius 2 is 1.60 bits per heavy atom. The van der Waals surface area contributed by atoms with E-state index in [1.165, 1.54) is 9.58 Å². The second kappa shape index (κ2) is 7.18. The number of hydrogen-bond donors (Lipinski definition) is 1. The molecule has 0 saturated heterocycles. The Kier molecular flexibility index (Phi) is 4.66. The number of aromatic nitrogens is 2. The van der Waals surface area contributed by atoms with Crippen molar-refractivity contribution >= 4 is 23.2 Å². The average Bonchev–Trinajstić information content (AvgIpc) is 3.13. The van der Waals surface area contributed by atoms with Gasteiger partial charge < -0.3 is 5.32 Å². The van der Waals surface area contributed by atoms with Crippen LogP contribution in [0.1, 0.15) is 28.5 Å². The molecule has 2 heterocycles. The maximum atomic E-state index is 13.0. The smallest absolute Gasteiger partial charge is 0.295 e. The van der Waals surface area contributed by atoms with Crippen LogP contribution >= 0.6 is 0 Å². The standard InChI is InChI=1S/C23H22N4O3/c1-14-18-12-8-9-13-19(18)22(29)26(14)16(3)21(28)24-20-15(2)25(4)27(23(20)30)17-10-6-5-7-11-17/h5-13,16H,1H2,2-4H3,(H,24,28). The molecule has 1 aliphatic heterocycles. The van der Waals surface area contributed by atoms with Gasteiger partial charge in [-0.2, -0.15) is 0 Å². The van der Waals surface area contributed by atoms with Crippen LogP contribution in [-0.2, 0) is 11.8 Å². The highest BCUT2D eigenvalue weighted by molar-refractivity contribution is 6.11. The molecule has 0 fully saturated rings. The van der Waals surface area contributed by atoms with Crippen LogP contribution in [0.25, 0.3) is 11.4 Å². The van der Waals surface area contributed by atoms with Crippen molar-refractivity contribution in [1.29, 1.82) is 0 Å². The van der Waals surface area contributed by atoms with Crippen molar-refractivity contribution in [2.24, 2.45) is 7.05 Å². The van der Waals surface area contributed by atoms with Crippen molar-refractivity contribution in [2.75, 3.05) is 5.32 Å². The average molecular weight is 402 g/mol. The van der Waals surface area contributed by atoms with E-state index in [1.807, 2.05) is 36.4 Å². The van der Waals surface area contributed by atoms with E-state index >= 15 is 0 Å². The largest absolute Gasteiger partial charge is 0.318 e. The number of fused-ring (bicyclic) bond motifs is 1. The summed E-state index contributed by atoms with van der Waals surface area (Å²) in [4.78, 5) is 40.2. The fourth-order valence-electron chi connectivity index (χ4n) is 3.77. The first-order valence-electron chi connectivity index (χ1n) is 9.59. The Bertz CT molecular complexity index is 1200. The van der Waals surface area contributed by atoms with E-state index in [4.69, 9.17) is 0 Å². The molecule has 1 N–H and O–H groups in total. The minimum absolute atomic E-state index is 0.188. The van der Waals surface area contributed by atoms with E-state index in [2.05, 4.69) is 11.9 Å². The Hall–Kier alpha value is -3.87. The molecule has 2 aromatic carbocycles. The summed E-state index contributed by atoms with van der Waals surface area (Å²) in [5.41, 5.74) is 2.86. The maximum absolute atomic E-state index is 13.0. The molecule has 0 aliphatic carbocycles. The molecule has 1 atom stereocenters. The van der Waals surface area contributed by atoms with Gasteiger partial charge in [0.15, 0.2) is 0 Å². The lowest BCUT2D eigenvalue weighted by Gasteiger charge is -2.24. The highest BCUT2D eigenvalue weighted by Gasteiger charge is 2.37. The van der Waals surface area contributed by atoms with Gasteiger partial charge in [0.25, 0.3) is 11.5 Å². The van der Waals surface area contributed by atoms with Gasteiger partial charge in [0.05, 0.1) is 11.4 Å². The molecule has 0 saturated carbocycles. The van der Waals surface area contributed by atoms with Crippen LogP contribution in [0, 0.1) is 6.92 Å². The van der Waals surface area contributed by atoms with E-state index in [9.17, 15) is 14.4 Å². The second-order valence-corrected chi connectivity index (χ2v) is 7.27. The van der Waals surface area contributed by atoms with Gasteiger partial charge in [-0.25, -0.2) is 4.68 Å². The van der Waals surface area contributed by atoms with Crippen molar-refractivity contribution in [1.82, 2.24) is 14.3 Å². The first-order chi connectivity index (χ1) is 14.3. The number of nitrogens with zero attached hydrogens (tertiary/aromatic N) is 3. The molecule has 7 heteroatoms. The number of benzene rings is 2. The number of carbonyl (C=O) groups excluding carboxylic acids is 2. The Morgan fingerprint density at radius 3 is 2.23 bits per heavy atom. The van der Waals surface area contributed by atoms with Gasteiger partial charge in [-0.1, -0.05) is 43.0 Å². The third kappa shape index (κ3) is 2.86. The first kappa shape index (κ1) is 19.4. The Balaban J connectivity index is 1.63. The molecule has 30 heavy (non-hydrogen) atoms. The lowest BCUT2D eigenvalue weighted by atomic mass is 10.1. The lowest BCUT2D eigenvalue weighted by molar-refractivity contribution is -0.119. The van der Waals surface area contributed by atoms with Crippen LogP contribution in [0.15, 0.2) is 66.0 Å². The van der Waals surface area contributed by atoms with Gasteiger partial charge >= 0.3 is 0 Å². The number of nitrogens with one attached hydrogen (secondary N) is 1. The van der Waals surface area contributed by atoms with E-state index < -0.39 is 11.9 Å². The molecule has 1 aliphatic rings. The summed E-state index contributed by atoms with van der Waals surface area (Å²) in [5, 5.41) is 2.73. The molecule has 152 valence electrons. The van der Waals surface area contributed by atoms with Gasteiger partial charge in [-0.3, -0.25) is 24.0 Å². The zero-order chi connectivity index (χ0) is 21.6. The molecule has 4 rings (SSSR count). The highest BCUT2D eigenvalue weighted by Crippen LogP contribution is 2.33. The zero-order valence-corrected chi connectivity index (χ0v) is 17.0. The van der Waals surface area contributed by atoms with Crippen LogP contribution in [0.5, 0.6) is 0 Å². The number of amides is 2. The predicted octanol–water partition coefficient (Wildman–Crippen LogP) is 2.94. The second-order valence-electron chi connectivity index (χ2n) is 7.27. The van der Waals surface area contributed by atoms with Crippen molar-refractivity contribution in [3.63, 3.8) is 0 Å². The summed E-state index contributed by atoms with van der Waals surface area (Å²) in [5.74, 6) is -0.729. The van der Waals surface area contributed by atoms with E-state index in [0.29, 0.717) is 28.2 Å². The lowest BCUT2D eigenvalue weighted by Crippen LogP contribution is -2.42. The predicted molar refractivity (Wildman–Crippen MR) is 115 cm³/mol. The van der Waals surface area contributed by atoms with Gasteiger partial charge in [-0.05, 0) is 32.0 Å². The molecule has 0 bridgehead atoms. The van der Waals surface area contributed by atoms with E-state index in [1.54, 1.807) is 43.8 Å². The molecule has 2 amide bonds. The summed E-state index contributed by atoms with van der Waals surface area (Å²) >= 11 is 0. The molecule has 7 nitrogen and oxygen atoms in total. The third-order valence-electron chi connectivity index (χ3n) is 5.55. The minimum Gasteiger partial charge on any atom is -0.318 e. The van der Waals surface area contributed by atoms with Crippen molar-refractivity contribution in [2.45, 2.75) is 19.9 Å². The Morgan fingerprint density at radius 1 is 1.00 bits per heavy atom. The molecule has 1 aromatic heterocycles. The maximum Gasteiger partial charge on any atom is 0.295 e. The fraction of sp³-hybridized carbons (Fsp3) is 0.174. The molecule has 3 aromatic rings.